The van der Waals surface area contributed by atoms with Gasteiger partial charge in [0.25, 0.3) is 5.56 Å². The average Bonchev–Trinajstić information content (AvgIpc) is 2.74. The Kier molecular flexibility index (Phi) is 3.88. The molecule has 3 rings (SSSR count). The molecule has 3 heterocycles. The lowest BCUT2D eigenvalue weighted by atomic mass is 9.98. The van der Waals surface area contributed by atoms with Crippen molar-refractivity contribution in [2.24, 2.45) is 5.92 Å². The van der Waals surface area contributed by atoms with E-state index in [1.807, 2.05) is 6.92 Å². The Morgan fingerprint density at radius 2 is 2.00 bits per heavy atom. The van der Waals surface area contributed by atoms with Crippen LogP contribution in [0.5, 0.6) is 0 Å². The van der Waals surface area contributed by atoms with Crippen LogP contribution in [0.2, 0.25) is 0 Å². The zero-order valence-corrected chi connectivity index (χ0v) is 14.0. The van der Waals surface area contributed by atoms with Gasteiger partial charge in [0.1, 0.15) is 10.7 Å². The third kappa shape index (κ3) is 2.64. The smallest absolute Gasteiger partial charge is 0.259 e. The molecule has 1 fully saturated rings. The Bertz CT molecular complexity index is 710. The minimum Gasteiger partial charge on any atom is -0.309 e. The number of aryl methyl sites for hydroxylation is 2. The van der Waals surface area contributed by atoms with Crippen molar-refractivity contribution in [3.05, 3.63) is 26.6 Å². The molecule has 1 aliphatic rings. The van der Waals surface area contributed by atoms with E-state index in [-0.39, 0.29) is 11.6 Å². The summed E-state index contributed by atoms with van der Waals surface area (Å²) in [5, 5.41) is 0.765. The lowest BCUT2D eigenvalue weighted by Gasteiger charge is -2.34. The molecular formula is C16H23N3OS. The molecule has 21 heavy (non-hydrogen) atoms. The molecule has 5 heteroatoms. The lowest BCUT2D eigenvalue weighted by molar-refractivity contribution is 0.142. The first kappa shape index (κ1) is 14.7. The van der Waals surface area contributed by atoms with Crippen molar-refractivity contribution in [1.29, 1.82) is 0 Å². The molecule has 0 saturated carbocycles. The van der Waals surface area contributed by atoms with Crippen LogP contribution in [0.3, 0.4) is 0 Å². The Labute approximate surface area is 129 Å². The molecule has 0 aromatic carbocycles. The van der Waals surface area contributed by atoms with Crippen molar-refractivity contribution in [2.45, 2.75) is 46.6 Å². The molecule has 4 nitrogen and oxygen atoms in total. The summed E-state index contributed by atoms with van der Waals surface area (Å²) in [6.45, 7) is 10.7. The number of H-pyrrole nitrogens is 1. The number of fused-ring (bicyclic) bond motifs is 1. The first-order valence-electron chi connectivity index (χ1n) is 7.71. The molecule has 0 amide bonds. The van der Waals surface area contributed by atoms with E-state index >= 15 is 0 Å². The number of likely N-dealkylation sites (tertiary alicyclic amines) is 1. The summed E-state index contributed by atoms with van der Waals surface area (Å²) < 4.78 is 0. The zero-order valence-electron chi connectivity index (χ0n) is 13.2. The van der Waals surface area contributed by atoms with Crippen molar-refractivity contribution in [3.63, 3.8) is 0 Å². The van der Waals surface area contributed by atoms with E-state index < -0.39 is 0 Å². The Morgan fingerprint density at radius 1 is 1.33 bits per heavy atom. The van der Waals surface area contributed by atoms with Gasteiger partial charge in [-0.25, -0.2) is 4.98 Å². The van der Waals surface area contributed by atoms with E-state index in [0.717, 1.165) is 40.6 Å². The maximum atomic E-state index is 12.4. The molecule has 1 atom stereocenters. The second-order valence-corrected chi connectivity index (χ2v) is 7.51. The Morgan fingerprint density at radius 3 is 2.67 bits per heavy atom. The highest BCUT2D eigenvalue weighted by atomic mass is 32.1. The zero-order chi connectivity index (χ0) is 15.1. The van der Waals surface area contributed by atoms with Crippen LogP contribution in [-0.4, -0.2) is 28.0 Å². The number of nitrogens with zero attached hydrogens (tertiary/aromatic N) is 2. The van der Waals surface area contributed by atoms with Crippen molar-refractivity contribution >= 4 is 21.6 Å². The molecular weight excluding hydrogens is 282 g/mol. The monoisotopic (exact) mass is 305 g/mol. The molecule has 0 bridgehead atoms. The topological polar surface area (TPSA) is 49.0 Å². The van der Waals surface area contributed by atoms with E-state index in [2.05, 4.69) is 30.7 Å². The molecule has 1 aliphatic heterocycles. The number of aromatic nitrogens is 2. The van der Waals surface area contributed by atoms with E-state index in [4.69, 9.17) is 4.98 Å². The number of thiophene rings is 1. The SMILES string of the molecule is Cc1sc2nc([C@@H](C)N3CCC(C)CC3)[nH]c(=O)c2c1C. The van der Waals surface area contributed by atoms with Gasteiger partial charge < -0.3 is 4.98 Å². The van der Waals surface area contributed by atoms with Gasteiger partial charge in [-0.1, -0.05) is 6.92 Å². The van der Waals surface area contributed by atoms with Crippen molar-refractivity contribution in [3.8, 4) is 0 Å². The maximum Gasteiger partial charge on any atom is 0.259 e. The van der Waals surface area contributed by atoms with Gasteiger partial charge in [0.05, 0.1) is 11.4 Å². The van der Waals surface area contributed by atoms with E-state index in [1.165, 1.54) is 17.7 Å². The Balaban J connectivity index is 1.95. The number of nitrogens with one attached hydrogen (secondary N) is 1. The van der Waals surface area contributed by atoms with Gasteiger partial charge in [-0.3, -0.25) is 9.69 Å². The highest BCUT2D eigenvalue weighted by Gasteiger charge is 2.24. The number of hydrogen-bond donors (Lipinski definition) is 1. The van der Waals surface area contributed by atoms with Crippen LogP contribution in [0.4, 0.5) is 0 Å². The van der Waals surface area contributed by atoms with Crippen LogP contribution in [0.1, 0.15) is 49.0 Å². The first-order valence-corrected chi connectivity index (χ1v) is 8.53. The normalized spacial score (nSPS) is 19.2. The number of rotatable bonds is 2. The number of aromatic amines is 1. The molecule has 2 aromatic rings. The number of piperidine rings is 1. The largest absolute Gasteiger partial charge is 0.309 e. The molecule has 0 aliphatic carbocycles. The quantitative estimate of drug-likeness (QED) is 0.925. The second kappa shape index (κ2) is 5.54. The van der Waals surface area contributed by atoms with Crippen LogP contribution >= 0.6 is 11.3 Å². The predicted molar refractivity (Wildman–Crippen MR) is 88.1 cm³/mol. The molecule has 114 valence electrons. The lowest BCUT2D eigenvalue weighted by Crippen LogP contribution is -2.36. The predicted octanol–water partition coefficient (Wildman–Crippen LogP) is 3.39. The van der Waals surface area contributed by atoms with Gasteiger partial charge >= 0.3 is 0 Å². The molecule has 2 aromatic heterocycles. The van der Waals surface area contributed by atoms with Gasteiger partial charge in [0, 0.05) is 4.88 Å². The van der Waals surface area contributed by atoms with Crippen LogP contribution < -0.4 is 5.56 Å². The fraction of sp³-hybridized carbons (Fsp3) is 0.625. The van der Waals surface area contributed by atoms with Gasteiger partial charge in [-0.05, 0) is 58.2 Å². The van der Waals surface area contributed by atoms with E-state index in [0.29, 0.717) is 0 Å². The highest BCUT2D eigenvalue weighted by Crippen LogP contribution is 2.28. The standard InChI is InChI=1S/C16H23N3OS/c1-9-5-7-19(8-6-9)11(3)14-17-15(20)13-10(2)12(4)21-16(13)18-14/h9,11H,5-8H2,1-4H3,(H,17,18,20)/t11-/m1/s1. The summed E-state index contributed by atoms with van der Waals surface area (Å²) in [7, 11) is 0. The summed E-state index contributed by atoms with van der Waals surface area (Å²) in [4.78, 5) is 24.6. The van der Waals surface area contributed by atoms with E-state index in [9.17, 15) is 4.79 Å². The third-order valence-electron chi connectivity index (χ3n) is 4.82. The fourth-order valence-electron chi connectivity index (χ4n) is 3.06. The Hall–Kier alpha value is -1.20. The van der Waals surface area contributed by atoms with Gasteiger partial charge in [0.2, 0.25) is 0 Å². The van der Waals surface area contributed by atoms with Gasteiger partial charge in [-0.2, -0.15) is 0 Å². The second-order valence-electron chi connectivity index (χ2n) is 6.31. The summed E-state index contributed by atoms with van der Waals surface area (Å²) in [5.41, 5.74) is 1.07. The summed E-state index contributed by atoms with van der Waals surface area (Å²) in [6.07, 6.45) is 2.46. The fourth-order valence-corrected chi connectivity index (χ4v) is 4.10. The molecule has 0 spiro atoms. The molecule has 1 N–H and O–H groups in total. The highest BCUT2D eigenvalue weighted by molar-refractivity contribution is 7.18. The van der Waals surface area contributed by atoms with Crippen LogP contribution in [-0.2, 0) is 0 Å². The van der Waals surface area contributed by atoms with Crippen molar-refractivity contribution < 1.29 is 0 Å². The van der Waals surface area contributed by atoms with Crippen LogP contribution in [0.25, 0.3) is 10.2 Å². The maximum absolute atomic E-state index is 12.4. The van der Waals surface area contributed by atoms with Crippen LogP contribution in [0.15, 0.2) is 4.79 Å². The first-order chi connectivity index (χ1) is 9.97. The minimum atomic E-state index is 0.00841. The number of hydrogen-bond acceptors (Lipinski definition) is 4. The summed E-state index contributed by atoms with van der Waals surface area (Å²) in [5.74, 6) is 1.62. The minimum absolute atomic E-state index is 0.00841. The third-order valence-corrected chi connectivity index (χ3v) is 5.92. The molecule has 0 unspecified atom stereocenters. The van der Waals surface area contributed by atoms with Gasteiger partial charge in [-0.15, -0.1) is 11.3 Å². The average molecular weight is 305 g/mol. The summed E-state index contributed by atoms with van der Waals surface area (Å²) in [6, 6.07) is 0.178. The van der Waals surface area contributed by atoms with Crippen molar-refractivity contribution in [2.75, 3.05) is 13.1 Å². The summed E-state index contributed by atoms with van der Waals surface area (Å²) >= 11 is 1.62. The molecule has 0 radical (unpaired) electrons. The van der Waals surface area contributed by atoms with Gasteiger partial charge in [0.15, 0.2) is 0 Å². The molecule has 1 saturated heterocycles. The van der Waals surface area contributed by atoms with Crippen molar-refractivity contribution in [1.82, 2.24) is 14.9 Å². The van der Waals surface area contributed by atoms with Crippen LogP contribution in [0, 0.1) is 19.8 Å². The van der Waals surface area contributed by atoms with E-state index in [1.54, 1.807) is 11.3 Å².